The molecule has 7 heteroatoms. The molecule has 0 aliphatic carbocycles. The molecule has 0 spiro atoms. The van der Waals surface area contributed by atoms with Crippen LogP contribution in [0.2, 0.25) is 0 Å². The molecule has 0 N–H and O–H groups in total. The predicted molar refractivity (Wildman–Crippen MR) is 108 cm³/mol. The third-order valence-corrected chi connectivity index (χ3v) is 7.25. The molecular weight excluding hydrogens is 376 g/mol. The molecular formula is C21H24N2O4S. The molecule has 2 aromatic carbocycles. The van der Waals surface area contributed by atoms with E-state index >= 15 is 0 Å². The molecule has 0 saturated carbocycles. The van der Waals surface area contributed by atoms with Gasteiger partial charge in [0.2, 0.25) is 5.91 Å². The summed E-state index contributed by atoms with van der Waals surface area (Å²) in [5, 5.41) is 0. The summed E-state index contributed by atoms with van der Waals surface area (Å²) in [6, 6.07) is 17.1. The standard InChI is InChI=1S/C21H24N2O4S/c1-22(17-11-12-28(25,26)15-17)13-21(24)23-18-9-5-6-10-20(18)27-14-19(23)16-7-3-2-4-8-16/h2-10,17,19H,11-15H2,1H3/t17-,19+/m1/s1. The average Bonchev–Trinajstić information content (AvgIpc) is 3.07. The molecule has 28 heavy (non-hydrogen) atoms. The maximum Gasteiger partial charge on any atom is 0.241 e. The van der Waals surface area contributed by atoms with Crippen molar-refractivity contribution in [1.82, 2.24) is 4.90 Å². The predicted octanol–water partition coefficient (Wildman–Crippen LogP) is 2.27. The van der Waals surface area contributed by atoms with Gasteiger partial charge in [-0.15, -0.1) is 0 Å². The Morgan fingerprint density at radius 1 is 1.14 bits per heavy atom. The second-order valence-corrected chi connectivity index (χ2v) is 9.67. The van der Waals surface area contributed by atoms with E-state index in [1.807, 2.05) is 66.5 Å². The Hall–Kier alpha value is -2.38. The van der Waals surface area contributed by atoms with Crippen molar-refractivity contribution in [3.63, 3.8) is 0 Å². The van der Waals surface area contributed by atoms with E-state index in [4.69, 9.17) is 4.74 Å². The summed E-state index contributed by atoms with van der Waals surface area (Å²) >= 11 is 0. The summed E-state index contributed by atoms with van der Waals surface area (Å²) < 4.78 is 29.5. The number of likely N-dealkylation sites (N-methyl/N-ethyl adjacent to an activating group) is 1. The smallest absolute Gasteiger partial charge is 0.241 e. The number of carbonyl (C=O) groups is 1. The number of ether oxygens (including phenoxy) is 1. The lowest BCUT2D eigenvalue weighted by Gasteiger charge is -2.38. The van der Waals surface area contributed by atoms with E-state index in [0.29, 0.717) is 18.8 Å². The quantitative estimate of drug-likeness (QED) is 0.788. The minimum absolute atomic E-state index is 0.0589. The largest absolute Gasteiger partial charge is 0.489 e. The average molecular weight is 401 g/mol. The van der Waals surface area contributed by atoms with Crippen molar-refractivity contribution in [2.75, 3.05) is 36.6 Å². The van der Waals surface area contributed by atoms with E-state index in [1.165, 1.54) is 0 Å². The van der Waals surface area contributed by atoms with E-state index < -0.39 is 9.84 Å². The third kappa shape index (κ3) is 3.77. The first kappa shape index (κ1) is 19.0. The summed E-state index contributed by atoms with van der Waals surface area (Å²) in [5.74, 6) is 0.951. The Morgan fingerprint density at radius 3 is 2.57 bits per heavy atom. The molecule has 6 nitrogen and oxygen atoms in total. The summed E-state index contributed by atoms with van der Waals surface area (Å²) in [5.41, 5.74) is 1.76. The van der Waals surface area contributed by atoms with E-state index in [0.717, 1.165) is 11.3 Å². The maximum absolute atomic E-state index is 13.4. The molecule has 0 aromatic heterocycles. The number of hydrogen-bond donors (Lipinski definition) is 0. The third-order valence-electron chi connectivity index (χ3n) is 5.50. The molecule has 2 heterocycles. The van der Waals surface area contributed by atoms with Crippen molar-refractivity contribution >= 4 is 21.4 Å². The Kier molecular flexibility index (Phi) is 5.12. The number of fused-ring (bicyclic) bond motifs is 1. The van der Waals surface area contributed by atoms with Crippen LogP contribution in [0.4, 0.5) is 5.69 Å². The number of rotatable bonds is 4. The summed E-state index contributed by atoms with van der Waals surface area (Å²) in [6.45, 7) is 0.548. The van der Waals surface area contributed by atoms with Crippen molar-refractivity contribution < 1.29 is 17.9 Å². The van der Waals surface area contributed by atoms with Gasteiger partial charge in [-0.3, -0.25) is 14.6 Å². The van der Waals surface area contributed by atoms with Gasteiger partial charge in [-0.25, -0.2) is 8.42 Å². The van der Waals surface area contributed by atoms with Crippen molar-refractivity contribution in [3.05, 3.63) is 60.2 Å². The molecule has 0 unspecified atom stereocenters. The normalized spacial score (nSPS) is 23.3. The van der Waals surface area contributed by atoms with Gasteiger partial charge in [0.25, 0.3) is 0 Å². The number of nitrogens with zero attached hydrogens (tertiary/aromatic N) is 2. The fraction of sp³-hybridized carbons (Fsp3) is 0.381. The van der Waals surface area contributed by atoms with Crippen LogP contribution in [0.1, 0.15) is 18.0 Å². The first-order chi connectivity index (χ1) is 13.4. The van der Waals surface area contributed by atoms with Gasteiger partial charge < -0.3 is 4.74 Å². The molecule has 0 bridgehead atoms. The van der Waals surface area contributed by atoms with Crippen LogP contribution in [0.5, 0.6) is 5.75 Å². The number of sulfone groups is 1. The molecule has 2 aromatic rings. The molecule has 0 radical (unpaired) electrons. The minimum atomic E-state index is -2.99. The van der Waals surface area contributed by atoms with Gasteiger partial charge >= 0.3 is 0 Å². The molecule has 1 fully saturated rings. The summed E-state index contributed by atoms with van der Waals surface area (Å²) in [7, 11) is -1.16. The van der Waals surface area contributed by atoms with Crippen molar-refractivity contribution in [2.24, 2.45) is 0 Å². The lowest BCUT2D eigenvalue weighted by molar-refractivity contribution is -0.120. The Bertz CT molecular complexity index is 961. The number of benzene rings is 2. The van der Waals surface area contributed by atoms with Crippen molar-refractivity contribution in [2.45, 2.75) is 18.5 Å². The number of hydrogen-bond acceptors (Lipinski definition) is 5. The zero-order valence-electron chi connectivity index (χ0n) is 15.8. The molecule has 2 aliphatic rings. The highest BCUT2D eigenvalue weighted by Gasteiger charge is 2.36. The first-order valence-electron chi connectivity index (χ1n) is 9.44. The number of carbonyl (C=O) groups excluding carboxylic acids is 1. The summed E-state index contributed by atoms with van der Waals surface area (Å²) in [6.07, 6.45) is 0.577. The molecule has 2 aliphatic heterocycles. The van der Waals surface area contributed by atoms with E-state index in [1.54, 1.807) is 4.90 Å². The molecule has 1 amide bonds. The minimum Gasteiger partial charge on any atom is -0.489 e. The molecule has 2 atom stereocenters. The van der Waals surface area contributed by atoms with Gasteiger partial charge in [0.15, 0.2) is 9.84 Å². The van der Waals surface area contributed by atoms with Gasteiger partial charge in [0.05, 0.1) is 29.8 Å². The van der Waals surface area contributed by atoms with Crippen LogP contribution in [-0.2, 0) is 14.6 Å². The van der Waals surface area contributed by atoms with Crippen molar-refractivity contribution in [1.29, 1.82) is 0 Å². The first-order valence-corrected chi connectivity index (χ1v) is 11.3. The number of amides is 1. The SMILES string of the molecule is CN(CC(=O)N1c2ccccc2OC[C@H]1c1ccccc1)[C@@H]1CCS(=O)(=O)C1. The number of para-hydroxylation sites is 2. The van der Waals surface area contributed by atoms with Crippen LogP contribution in [0.15, 0.2) is 54.6 Å². The highest BCUT2D eigenvalue weighted by atomic mass is 32.2. The lowest BCUT2D eigenvalue weighted by Crippen LogP contribution is -2.47. The second kappa shape index (κ2) is 7.56. The monoisotopic (exact) mass is 400 g/mol. The lowest BCUT2D eigenvalue weighted by atomic mass is 10.0. The number of anilines is 1. The van der Waals surface area contributed by atoms with Crippen LogP contribution < -0.4 is 9.64 Å². The van der Waals surface area contributed by atoms with Crippen LogP contribution in [0.3, 0.4) is 0 Å². The molecule has 4 rings (SSSR count). The maximum atomic E-state index is 13.4. The van der Waals surface area contributed by atoms with E-state index in [9.17, 15) is 13.2 Å². The second-order valence-electron chi connectivity index (χ2n) is 7.44. The Morgan fingerprint density at radius 2 is 1.86 bits per heavy atom. The van der Waals surface area contributed by atoms with Crippen LogP contribution in [0, 0.1) is 0 Å². The highest BCUT2D eigenvalue weighted by Crippen LogP contribution is 2.39. The fourth-order valence-corrected chi connectivity index (χ4v) is 5.76. The van der Waals surface area contributed by atoms with Gasteiger partial charge in [0, 0.05) is 6.04 Å². The molecule has 148 valence electrons. The zero-order chi connectivity index (χ0) is 19.7. The van der Waals surface area contributed by atoms with Crippen molar-refractivity contribution in [3.8, 4) is 5.75 Å². The Labute approximate surface area is 165 Å². The summed E-state index contributed by atoms with van der Waals surface area (Å²) in [4.78, 5) is 17.0. The van der Waals surface area contributed by atoms with Crippen LogP contribution >= 0.6 is 0 Å². The zero-order valence-corrected chi connectivity index (χ0v) is 16.6. The van der Waals surface area contributed by atoms with Gasteiger partial charge in [-0.05, 0) is 31.2 Å². The fourth-order valence-electron chi connectivity index (χ4n) is 3.96. The van der Waals surface area contributed by atoms with E-state index in [-0.39, 0.29) is 36.0 Å². The Balaban J connectivity index is 1.60. The topological polar surface area (TPSA) is 66.9 Å². The van der Waals surface area contributed by atoms with Gasteiger partial charge in [-0.1, -0.05) is 42.5 Å². The molecule has 1 saturated heterocycles. The van der Waals surface area contributed by atoms with Crippen LogP contribution in [0.25, 0.3) is 0 Å². The van der Waals surface area contributed by atoms with Gasteiger partial charge in [0.1, 0.15) is 12.4 Å². The van der Waals surface area contributed by atoms with Gasteiger partial charge in [-0.2, -0.15) is 0 Å². The van der Waals surface area contributed by atoms with E-state index in [2.05, 4.69) is 0 Å². The highest BCUT2D eigenvalue weighted by molar-refractivity contribution is 7.91. The van der Waals surface area contributed by atoms with Crippen LogP contribution in [-0.4, -0.2) is 57.0 Å².